The molecule has 0 atom stereocenters. The molecular weight excluding hydrogens is 178 g/mol. The summed E-state index contributed by atoms with van der Waals surface area (Å²) >= 11 is 0. The van der Waals surface area contributed by atoms with Gasteiger partial charge in [0.1, 0.15) is 23.9 Å². The molecule has 0 bridgehead atoms. The van der Waals surface area contributed by atoms with E-state index in [1.807, 2.05) is 19.9 Å². The molecule has 0 aromatic carbocycles. The van der Waals surface area contributed by atoms with Gasteiger partial charge in [0, 0.05) is 18.2 Å². The Bertz CT molecular complexity index is 347. The molecule has 0 aliphatic heterocycles. The van der Waals surface area contributed by atoms with E-state index >= 15 is 0 Å². The molecule has 0 spiro atoms. The summed E-state index contributed by atoms with van der Waals surface area (Å²) in [7, 11) is 0. The monoisotopic (exact) mass is 191 g/mol. The maximum Gasteiger partial charge on any atom is 0.145 e. The molecule has 5 heteroatoms. The molecule has 5 nitrogen and oxygen atoms in total. The van der Waals surface area contributed by atoms with Crippen molar-refractivity contribution in [1.29, 1.82) is 5.26 Å². The molecule has 0 saturated heterocycles. The normalized spacial score (nSPS) is 10.7. The topological polar surface area (TPSA) is 87.6 Å². The zero-order chi connectivity index (χ0) is 10.6. The first kappa shape index (κ1) is 10.4. The quantitative estimate of drug-likeness (QED) is 0.726. The SMILES string of the molecule is CC(C)(N)CNc1cc(C#N)ncn1. The highest BCUT2D eigenvalue weighted by molar-refractivity contribution is 5.38. The lowest BCUT2D eigenvalue weighted by Crippen LogP contribution is -2.39. The molecule has 74 valence electrons. The smallest absolute Gasteiger partial charge is 0.145 e. The fourth-order valence-corrected chi connectivity index (χ4v) is 0.833. The number of nitriles is 1. The number of nitrogens with zero attached hydrogens (tertiary/aromatic N) is 3. The van der Waals surface area contributed by atoms with Gasteiger partial charge in [-0.15, -0.1) is 0 Å². The van der Waals surface area contributed by atoms with Crippen LogP contribution in [0, 0.1) is 11.3 Å². The second-order valence-corrected chi connectivity index (χ2v) is 3.74. The minimum atomic E-state index is -0.308. The summed E-state index contributed by atoms with van der Waals surface area (Å²) in [6.45, 7) is 4.41. The molecule has 1 aromatic heterocycles. The fraction of sp³-hybridized carbons (Fsp3) is 0.444. The van der Waals surface area contributed by atoms with Crippen LogP contribution in [0.2, 0.25) is 0 Å². The predicted molar refractivity (Wildman–Crippen MR) is 53.5 cm³/mol. The molecule has 1 rings (SSSR count). The lowest BCUT2D eigenvalue weighted by Gasteiger charge is -2.19. The minimum Gasteiger partial charge on any atom is -0.368 e. The van der Waals surface area contributed by atoms with Crippen molar-refractivity contribution >= 4 is 5.82 Å². The Labute approximate surface area is 83.0 Å². The van der Waals surface area contributed by atoms with Crippen molar-refractivity contribution < 1.29 is 0 Å². The van der Waals surface area contributed by atoms with Crippen LogP contribution in [-0.2, 0) is 0 Å². The Morgan fingerprint density at radius 3 is 2.86 bits per heavy atom. The van der Waals surface area contributed by atoms with E-state index in [2.05, 4.69) is 15.3 Å². The largest absolute Gasteiger partial charge is 0.368 e. The summed E-state index contributed by atoms with van der Waals surface area (Å²) in [5.74, 6) is 0.620. The van der Waals surface area contributed by atoms with Gasteiger partial charge < -0.3 is 11.1 Å². The summed E-state index contributed by atoms with van der Waals surface area (Å²) in [5, 5.41) is 11.6. The third-order valence-corrected chi connectivity index (χ3v) is 1.51. The van der Waals surface area contributed by atoms with Crippen LogP contribution in [0.4, 0.5) is 5.82 Å². The highest BCUT2D eigenvalue weighted by Gasteiger charge is 2.10. The second kappa shape index (κ2) is 4.03. The number of hydrogen-bond donors (Lipinski definition) is 2. The molecule has 0 fully saturated rings. The van der Waals surface area contributed by atoms with Gasteiger partial charge in [0.2, 0.25) is 0 Å². The Balaban J connectivity index is 2.65. The van der Waals surface area contributed by atoms with E-state index in [-0.39, 0.29) is 5.54 Å². The molecule has 0 aliphatic carbocycles. The molecular formula is C9H13N5. The van der Waals surface area contributed by atoms with Crippen LogP contribution < -0.4 is 11.1 Å². The maximum atomic E-state index is 8.60. The highest BCUT2D eigenvalue weighted by atomic mass is 15.0. The highest BCUT2D eigenvalue weighted by Crippen LogP contribution is 2.04. The van der Waals surface area contributed by atoms with E-state index in [4.69, 9.17) is 11.0 Å². The van der Waals surface area contributed by atoms with E-state index in [0.29, 0.717) is 18.1 Å². The Hall–Kier alpha value is -1.67. The van der Waals surface area contributed by atoms with E-state index in [9.17, 15) is 0 Å². The average Bonchev–Trinajstić information content (AvgIpc) is 2.14. The first-order chi connectivity index (χ1) is 6.51. The van der Waals surface area contributed by atoms with Gasteiger partial charge in [0.05, 0.1) is 0 Å². The second-order valence-electron chi connectivity index (χ2n) is 3.74. The van der Waals surface area contributed by atoms with Gasteiger partial charge >= 0.3 is 0 Å². The van der Waals surface area contributed by atoms with Gasteiger partial charge in [-0.25, -0.2) is 9.97 Å². The van der Waals surface area contributed by atoms with Gasteiger partial charge in [0.25, 0.3) is 0 Å². The molecule has 3 N–H and O–H groups in total. The standard InChI is InChI=1S/C9H13N5/c1-9(2,11)5-12-8-3-7(4-10)13-6-14-8/h3,6H,5,11H2,1-2H3,(H,12,13,14). The minimum absolute atomic E-state index is 0.308. The summed E-state index contributed by atoms with van der Waals surface area (Å²) in [5.41, 5.74) is 5.82. The van der Waals surface area contributed by atoms with Crippen LogP contribution in [0.15, 0.2) is 12.4 Å². The van der Waals surface area contributed by atoms with Crippen LogP contribution >= 0.6 is 0 Å². The summed E-state index contributed by atoms with van der Waals surface area (Å²) in [6, 6.07) is 3.53. The number of hydrogen-bond acceptors (Lipinski definition) is 5. The number of rotatable bonds is 3. The maximum absolute atomic E-state index is 8.60. The van der Waals surface area contributed by atoms with Gasteiger partial charge in [-0.2, -0.15) is 5.26 Å². The van der Waals surface area contributed by atoms with Gasteiger partial charge in [-0.05, 0) is 13.8 Å². The zero-order valence-corrected chi connectivity index (χ0v) is 8.28. The van der Waals surface area contributed by atoms with Crippen LogP contribution in [0.3, 0.4) is 0 Å². The molecule has 1 aromatic rings. The van der Waals surface area contributed by atoms with E-state index in [1.54, 1.807) is 6.07 Å². The van der Waals surface area contributed by atoms with E-state index in [0.717, 1.165) is 0 Å². The van der Waals surface area contributed by atoms with Crippen LogP contribution in [0.1, 0.15) is 19.5 Å². The molecule has 0 saturated carbocycles. The number of anilines is 1. The number of aromatic nitrogens is 2. The lowest BCUT2D eigenvalue weighted by molar-refractivity contribution is 0.548. The van der Waals surface area contributed by atoms with Gasteiger partial charge in [-0.1, -0.05) is 0 Å². The fourth-order valence-electron chi connectivity index (χ4n) is 0.833. The van der Waals surface area contributed by atoms with Crippen LogP contribution in [0.25, 0.3) is 0 Å². The number of nitrogens with two attached hydrogens (primary N) is 1. The molecule has 0 aliphatic rings. The molecule has 14 heavy (non-hydrogen) atoms. The van der Waals surface area contributed by atoms with Crippen molar-refractivity contribution in [3.63, 3.8) is 0 Å². The molecule has 0 unspecified atom stereocenters. The third kappa shape index (κ3) is 3.37. The summed E-state index contributed by atoms with van der Waals surface area (Å²) in [4.78, 5) is 7.72. The van der Waals surface area contributed by atoms with Crippen LogP contribution in [-0.4, -0.2) is 22.1 Å². The van der Waals surface area contributed by atoms with E-state index in [1.165, 1.54) is 6.33 Å². The van der Waals surface area contributed by atoms with Crippen LogP contribution in [0.5, 0.6) is 0 Å². The zero-order valence-electron chi connectivity index (χ0n) is 8.28. The summed E-state index contributed by atoms with van der Waals surface area (Å²) in [6.07, 6.45) is 1.35. The first-order valence-corrected chi connectivity index (χ1v) is 4.26. The van der Waals surface area contributed by atoms with E-state index < -0.39 is 0 Å². The Morgan fingerprint density at radius 2 is 2.29 bits per heavy atom. The average molecular weight is 191 g/mol. The van der Waals surface area contributed by atoms with Crippen molar-refractivity contribution in [3.05, 3.63) is 18.1 Å². The summed E-state index contributed by atoms with van der Waals surface area (Å²) < 4.78 is 0. The number of nitrogens with one attached hydrogen (secondary N) is 1. The van der Waals surface area contributed by atoms with Gasteiger partial charge in [-0.3, -0.25) is 0 Å². The lowest BCUT2D eigenvalue weighted by atomic mass is 10.1. The first-order valence-electron chi connectivity index (χ1n) is 4.26. The molecule has 0 radical (unpaired) electrons. The Kier molecular flexibility index (Phi) is 2.99. The third-order valence-electron chi connectivity index (χ3n) is 1.51. The van der Waals surface area contributed by atoms with Crippen molar-refractivity contribution in [3.8, 4) is 6.07 Å². The van der Waals surface area contributed by atoms with Gasteiger partial charge in [0.15, 0.2) is 0 Å². The Morgan fingerprint density at radius 1 is 1.57 bits per heavy atom. The van der Waals surface area contributed by atoms with Crippen molar-refractivity contribution in [2.45, 2.75) is 19.4 Å². The van der Waals surface area contributed by atoms with Crippen molar-refractivity contribution in [2.75, 3.05) is 11.9 Å². The molecule has 0 amide bonds. The van der Waals surface area contributed by atoms with Crippen molar-refractivity contribution in [2.24, 2.45) is 5.73 Å². The van der Waals surface area contributed by atoms with Crippen molar-refractivity contribution in [1.82, 2.24) is 9.97 Å². The predicted octanol–water partition coefficient (Wildman–Crippen LogP) is 0.497. The molecule has 1 heterocycles.